The summed E-state index contributed by atoms with van der Waals surface area (Å²) in [4.78, 5) is 5.34. The van der Waals surface area contributed by atoms with Gasteiger partial charge < -0.3 is 9.80 Å². The molecule has 0 saturated heterocycles. The first-order valence-electron chi connectivity index (χ1n) is 18.6. The van der Waals surface area contributed by atoms with Crippen molar-refractivity contribution in [3.63, 3.8) is 0 Å². The topological polar surface area (TPSA) is 6.48 Å². The highest BCUT2D eigenvalue weighted by atomic mass is 15.2. The molecule has 4 aromatic carbocycles. The fourth-order valence-electron chi connectivity index (χ4n) is 8.85. The van der Waals surface area contributed by atoms with Gasteiger partial charge in [0.05, 0.1) is 6.04 Å². The molecule has 50 heavy (non-hydrogen) atoms. The lowest BCUT2D eigenvalue weighted by molar-refractivity contribution is 0.504. The van der Waals surface area contributed by atoms with Gasteiger partial charge in [0.25, 0.3) is 0 Å². The fraction of sp³-hybridized carbons (Fsp3) is 0.319. The van der Waals surface area contributed by atoms with Crippen molar-refractivity contribution in [2.75, 3.05) is 9.80 Å². The molecule has 2 unspecified atom stereocenters. The van der Waals surface area contributed by atoms with Crippen LogP contribution in [0.25, 0.3) is 0 Å². The Kier molecular flexibility index (Phi) is 7.71. The van der Waals surface area contributed by atoms with Crippen LogP contribution in [-0.2, 0) is 5.41 Å². The fourth-order valence-corrected chi connectivity index (χ4v) is 8.85. The summed E-state index contributed by atoms with van der Waals surface area (Å²) in [6.45, 7) is 19.2. The zero-order chi connectivity index (χ0) is 35.0. The van der Waals surface area contributed by atoms with Gasteiger partial charge in [-0.25, -0.2) is 0 Å². The minimum Gasteiger partial charge on any atom is -0.339 e. The maximum Gasteiger partial charge on any atom is 0.226 e. The van der Waals surface area contributed by atoms with Crippen LogP contribution < -0.4 is 20.7 Å². The summed E-state index contributed by atoms with van der Waals surface area (Å²) in [7, 11) is 0. The molecule has 2 aliphatic carbocycles. The highest BCUT2D eigenvalue weighted by Crippen LogP contribution is 2.52. The van der Waals surface area contributed by atoms with Crippen molar-refractivity contribution in [3.8, 4) is 0 Å². The van der Waals surface area contributed by atoms with E-state index < -0.39 is 0 Å². The molecule has 252 valence electrons. The number of benzene rings is 4. The van der Waals surface area contributed by atoms with E-state index in [1.165, 1.54) is 61.6 Å². The van der Waals surface area contributed by atoms with Crippen molar-refractivity contribution in [1.82, 2.24) is 0 Å². The number of hydrogen-bond donors (Lipinski definition) is 0. The number of nitrogens with zero attached hydrogens (tertiary/aromatic N) is 2. The standard InChI is InChI=1S/C47H51BN2/c1-45(2,3)33-20-17-23-37(28-33)50-41-29-34(46(4,5)6)26-27-39(41)48-38-24-15-16-25-40(38)49(36-21-13-10-14-22-36)42-30-35(31-43(50)44(42)48)47(7,8)32-18-11-9-12-19-32/h9-22,24-26,28-31,37,39H,23,27H2,1-8H3. The van der Waals surface area contributed by atoms with Crippen LogP contribution in [0.1, 0.15) is 79.4 Å². The van der Waals surface area contributed by atoms with Gasteiger partial charge in [-0.05, 0) is 99.1 Å². The van der Waals surface area contributed by atoms with Gasteiger partial charge in [0.2, 0.25) is 6.71 Å². The van der Waals surface area contributed by atoms with Crippen LogP contribution in [0.5, 0.6) is 0 Å². The molecule has 0 N–H and O–H groups in total. The number of allylic oxidation sites excluding steroid dienone is 6. The van der Waals surface area contributed by atoms with Crippen LogP contribution in [0.15, 0.2) is 144 Å². The molecule has 2 heterocycles. The Morgan fingerprint density at radius 3 is 1.98 bits per heavy atom. The first-order valence-corrected chi connectivity index (χ1v) is 18.6. The molecule has 4 aliphatic rings. The Balaban J connectivity index is 1.47. The van der Waals surface area contributed by atoms with Crippen LogP contribution in [0.2, 0.25) is 5.82 Å². The molecule has 3 heteroatoms. The lowest BCUT2D eigenvalue weighted by Crippen LogP contribution is -2.60. The predicted octanol–water partition coefficient (Wildman–Crippen LogP) is 11.2. The smallest absolute Gasteiger partial charge is 0.226 e. The Labute approximate surface area is 301 Å². The maximum absolute atomic E-state index is 2.79. The van der Waals surface area contributed by atoms with E-state index in [-0.39, 0.29) is 29.0 Å². The van der Waals surface area contributed by atoms with E-state index in [1.54, 1.807) is 0 Å². The quantitative estimate of drug-likeness (QED) is 0.202. The van der Waals surface area contributed by atoms with Gasteiger partial charge in [0, 0.05) is 33.9 Å². The van der Waals surface area contributed by atoms with E-state index in [4.69, 9.17) is 0 Å². The zero-order valence-electron chi connectivity index (χ0n) is 31.2. The molecule has 0 saturated carbocycles. The number of rotatable bonds is 4. The maximum atomic E-state index is 2.79. The van der Waals surface area contributed by atoms with Gasteiger partial charge in [-0.1, -0.05) is 146 Å². The second-order valence-corrected chi connectivity index (χ2v) is 17.4. The van der Waals surface area contributed by atoms with Crippen molar-refractivity contribution in [1.29, 1.82) is 0 Å². The second-order valence-electron chi connectivity index (χ2n) is 17.4. The van der Waals surface area contributed by atoms with E-state index in [9.17, 15) is 0 Å². The Morgan fingerprint density at radius 1 is 0.640 bits per heavy atom. The van der Waals surface area contributed by atoms with Gasteiger partial charge in [-0.3, -0.25) is 0 Å². The van der Waals surface area contributed by atoms with E-state index in [0.29, 0.717) is 5.82 Å². The zero-order valence-corrected chi connectivity index (χ0v) is 31.2. The first-order chi connectivity index (χ1) is 23.8. The number of para-hydroxylation sites is 2. The molecule has 8 rings (SSSR count). The third-order valence-corrected chi connectivity index (χ3v) is 11.8. The van der Waals surface area contributed by atoms with E-state index in [0.717, 1.165) is 12.8 Å². The van der Waals surface area contributed by atoms with Crippen molar-refractivity contribution >= 4 is 40.4 Å². The molecule has 4 aromatic rings. The Bertz CT molecular complexity index is 2070. The summed E-state index contributed by atoms with van der Waals surface area (Å²) in [5, 5.41) is 0. The van der Waals surface area contributed by atoms with E-state index >= 15 is 0 Å². The van der Waals surface area contributed by atoms with Crippen molar-refractivity contribution in [2.45, 2.75) is 85.5 Å². The molecule has 0 bridgehead atoms. The van der Waals surface area contributed by atoms with Crippen LogP contribution in [0, 0.1) is 10.8 Å². The molecule has 0 aromatic heterocycles. The summed E-state index contributed by atoms with van der Waals surface area (Å²) >= 11 is 0. The van der Waals surface area contributed by atoms with Crippen molar-refractivity contribution < 1.29 is 0 Å². The minimum atomic E-state index is -0.208. The summed E-state index contributed by atoms with van der Waals surface area (Å²) in [5.74, 6) is 0.344. The van der Waals surface area contributed by atoms with Crippen LogP contribution in [0.4, 0.5) is 22.7 Å². The Morgan fingerprint density at radius 2 is 1.28 bits per heavy atom. The van der Waals surface area contributed by atoms with Crippen molar-refractivity contribution in [2.24, 2.45) is 10.8 Å². The molecule has 0 radical (unpaired) electrons. The molecular weight excluding hydrogens is 603 g/mol. The van der Waals surface area contributed by atoms with Gasteiger partial charge in [-0.2, -0.15) is 0 Å². The van der Waals surface area contributed by atoms with Gasteiger partial charge in [0.1, 0.15) is 0 Å². The Hall–Kier alpha value is -4.50. The summed E-state index contributed by atoms with van der Waals surface area (Å²) in [5.41, 5.74) is 15.0. The molecule has 0 fully saturated rings. The molecule has 2 atom stereocenters. The average molecular weight is 655 g/mol. The number of fused-ring (bicyclic) bond motifs is 4. The minimum absolute atomic E-state index is 0.0691. The van der Waals surface area contributed by atoms with Crippen LogP contribution >= 0.6 is 0 Å². The molecule has 0 amide bonds. The van der Waals surface area contributed by atoms with Crippen molar-refractivity contribution in [3.05, 3.63) is 155 Å². The highest BCUT2D eigenvalue weighted by Gasteiger charge is 2.49. The number of anilines is 4. The highest BCUT2D eigenvalue weighted by molar-refractivity contribution is 6.91. The lowest BCUT2D eigenvalue weighted by Gasteiger charge is -2.51. The summed E-state index contributed by atoms with van der Waals surface area (Å²) < 4.78 is 0. The van der Waals surface area contributed by atoms with Gasteiger partial charge in [-0.15, -0.1) is 0 Å². The van der Waals surface area contributed by atoms with Crippen LogP contribution in [0.3, 0.4) is 0 Å². The van der Waals surface area contributed by atoms with Gasteiger partial charge in [0.15, 0.2) is 0 Å². The first kappa shape index (κ1) is 32.7. The average Bonchev–Trinajstić information content (AvgIpc) is 3.11. The monoisotopic (exact) mass is 654 g/mol. The lowest BCUT2D eigenvalue weighted by atomic mass is 9.29. The molecule has 0 spiro atoms. The number of hydrogen-bond acceptors (Lipinski definition) is 2. The normalized spacial score (nSPS) is 20.0. The van der Waals surface area contributed by atoms with E-state index in [2.05, 4.69) is 193 Å². The van der Waals surface area contributed by atoms with Gasteiger partial charge >= 0.3 is 0 Å². The molecule has 2 aliphatic heterocycles. The predicted molar refractivity (Wildman–Crippen MR) is 216 cm³/mol. The summed E-state index contributed by atoms with van der Waals surface area (Å²) in [6.07, 6.45) is 14.5. The SMILES string of the molecule is CC(C)(C)C1=CCC2B3c4ccccc4N(c4ccccc4)c4cc(C(C)(C)c5ccccc5)cc(c43)N(C3C=C(C(C)(C)C)C=CC3)C2=C1. The molecular formula is C47H51BN2. The second kappa shape index (κ2) is 11.8. The largest absolute Gasteiger partial charge is 0.339 e. The third-order valence-electron chi connectivity index (χ3n) is 11.8. The van der Waals surface area contributed by atoms with E-state index in [1.807, 2.05) is 0 Å². The third kappa shape index (κ3) is 5.32. The molecule has 2 nitrogen and oxygen atoms in total. The van der Waals surface area contributed by atoms with Crippen LogP contribution in [-0.4, -0.2) is 12.8 Å². The summed E-state index contributed by atoms with van der Waals surface area (Å²) in [6, 6.07) is 36.6.